The Morgan fingerprint density at radius 2 is 2.14 bits per heavy atom. The zero-order valence-corrected chi connectivity index (χ0v) is 17.4. The van der Waals surface area contributed by atoms with Crippen LogP contribution in [0.25, 0.3) is 11.4 Å². The van der Waals surface area contributed by atoms with Crippen molar-refractivity contribution in [2.75, 3.05) is 6.61 Å². The average molecular weight is 440 g/mol. The van der Waals surface area contributed by atoms with Gasteiger partial charge in [-0.3, -0.25) is 4.57 Å². The highest BCUT2D eigenvalue weighted by molar-refractivity contribution is 7.98. The molecule has 9 heteroatoms. The normalized spacial score (nSPS) is 17.2. The summed E-state index contributed by atoms with van der Waals surface area (Å²) < 4.78 is 46.7. The summed E-state index contributed by atoms with van der Waals surface area (Å²) in [7, 11) is 0. The van der Waals surface area contributed by atoms with Gasteiger partial charge in [0.1, 0.15) is 0 Å². The molecule has 1 fully saturated rings. The Kier molecular flexibility index (Phi) is 5.98. The molecular formula is C20H20F3N3OS2. The number of thiophene rings is 1. The van der Waals surface area contributed by atoms with E-state index in [1.807, 2.05) is 16.9 Å². The summed E-state index contributed by atoms with van der Waals surface area (Å²) in [5, 5.41) is 11.4. The number of nitrogens with zero attached hydrogens (tertiary/aromatic N) is 3. The van der Waals surface area contributed by atoms with Gasteiger partial charge in [0.05, 0.1) is 18.2 Å². The van der Waals surface area contributed by atoms with Crippen LogP contribution in [0.4, 0.5) is 13.2 Å². The van der Waals surface area contributed by atoms with Gasteiger partial charge in [0.15, 0.2) is 11.0 Å². The quantitative estimate of drug-likeness (QED) is 0.455. The maximum Gasteiger partial charge on any atom is 0.416 e. The summed E-state index contributed by atoms with van der Waals surface area (Å²) in [5.74, 6) is 1.16. The summed E-state index contributed by atoms with van der Waals surface area (Å²) in [6, 6.07) is 7.49. The summed E-state index contributed by atoms with van der Waals surface area (Å²) in [6.45, 7) is 3.44. The van der Waals surface area contributed by atoms with Gasteiger partial charge in [-0.05, 0) is 37.5 Å². The lowest BCUT2D eigenvalue weighted by atomic mass is 10.1. The lowest BCUT2D eigenvalue weighted by Gasteiger charge is -2.14. The number of thioether (sulfide) groups is 1. The molecule has 0 amide bonds. The molecule has 0 bridgehead atoms. The van der Waals surface area contributed by atoms with Crippen molar-refractivity contribution in [2.45, 2.75) is 49.5 Å². The molecule has 29 heavy (non-hydrogen) atoms. The molecule has 1 aromatic carbocycles. The highest BCUT2D eigenvalue weighted by Gasteiger charge is 2.30. The van der Waals surface area contributed by atoms with E-state index in [0.717, 1.165) is 36.9 Å². The third-order valence-electron chi connectivity index (χ3n) is 4.74. The van der Waals surface area contributed by atoms with Crippen LogP contribution in [0.15, 0.2) is 40.9 Å². The van der Waals surface area contributed by atoms with Gasteiger partial charge in [-0.25, -0.2) is 0 Å². The first kappa shape index (κ1) is 20.4. The van der Waals surface area contributed by atoms with Crippen LogP contribution in [-0.2, 0) is 23.2 Å². The molecule has 4 nitrogen and oxygen atoms in total. The Labute approximate surface area is 175 Å². The molecule has 0 radical (unpaired) electrons. The molecule has 1 aliphatic rings. The monoisotopic (exact) mass is 439 g/mol. The van der Waals surface area contributed by atoms with Crippen molar-refractivity contribution in [1.29, 1.82) is 0 Å². The van der Waals surface area contributed by atoms with Gasteiger partial charge in [-0.15, -0.1) is 21.5 Å². The van der Waals surface area contributed by atoms with E-state index in [0.29, 0.717) is 23.0 Å². The second-order valence-electron chi connectivity index (χ2n) is 6.98. The lowest BCUT2D eigenvalue weighted by molar-refractivity contribution is -0.137. The van der Waals surface area contributed by atoms with E-state index >= 15 is 0 Å². The van der Waals surface area contributed by atoms with E-state index in [2.05, 4.69) is 16.3 Å². The number of halogens is 3. The van der Waals surface area contributed by atoms with Crippen molar-refractivity contribution in [2.24, 2.45) is 0 Å². The predicted molar refractivity (Wildman–Crippen MR) is 108 cm³/mol. The summed E-state index contributed by atoms with van der Waals surface area (Å²) in [4.78, 5) is 1.19. The number of aromatic nitrogens is 3. The van der Waals surface area contributed by atoms with Crippen LogP contribution in [0.2, 0.25) is 0 Å². The molecule has 1 aliphatic heterocycles. The van der Waals surface area contributed by atoms with Crippen LogP contribution >= 0.6 is 23.1 Å². The van der Waals surface area contributed by atoms with E-state index < -0.39 is 11.7 Å². The molecule has 2 aromatic heterocycles. The Balaban J connectivity index is 1.57. The van der Waals surface area contributed by atoms with Gasteiger partial charge >= 0.3 is 6.18 Å². The average Bonchev–Trinajstić information content (AvgIpc) is 3.42. The van der Waals surface area contributed by atoms with Crippen LogP contribution in [0.5, 0.6) is 0 Å². The molecule has 3 heterocycles. The molecule has 0 saturated carbocycles. The van der Waals surface area contributed by atoms with Gasteiger partial charge in [0, 0.05) is 28.2 Å². The minimum Gasteiger partial charge on any atom is -0.376 e. The van der Waals surface area contributed by atoms with Gasteiger partial charge < -0.3 is 4.74 Å². The molecule has 0 N–H and O–H groups in total. The highest BCUT2D eigenvalue weighted by atomic mass is 32.2. The predicted octanol–water partition coefficient (Wildman–Crippen LogP) is 5.81. The number of rotatable bonds is 6. The van der Waals surface area contributed by atoms with Crippen molar-refractivity contribution < 1.29 is 17.9 Å². The molecular weight excluding hydrogens is 419 g/mol. The topological polar surface area (TPSA) is 39.9 Å². The molecule has 1 saturated heterocycles. The number of hydrogen-bond donors (Lipinski definition) is 0. The van der Waals surface area contributed by atoms with Crippen LogP contribution in [0.1, 0.15) is 28.8 Å². The second kappa shape index (κ2) is 8.49. The third kappa shape index (κ3) is 4.84. The molecule has 1 atom stereocenters. The number of ether oxygens (including phenoxy) is 1. The fourth-order valence-electron chi connectivity index (χ4n) is 3.31. The van der Waals surface area contributed by atoms with Crippen molar-refractivity contribution >= 4 is 23.1 Å². The standard InChI is InChI=1S/C20H20F3N3OS2/c1-13-8-15(12-28-13)18-24-25-19(26(18)10-17-6-3-7-27-17)29-11-14-4-2-5-16(9-14)20(21,22)23/h2,4-5,8-9,12,17H,3,6-7,10-11H2,1H3/t17-/m1/s1. The fourth-order valence-corrected chi connectivity index (χ4v) is 4.88. The van der Waals surface area contributed by atoms with E-state index in [-0.39, 0.29) is 6.10 Å². The van der Waals surface area contributed by atoms with Gasteiger partial charge in [0.2, 0.25) is 0 Å². The second-order valence-corrected chi connectivity index (χ2v) is 9.04. The van der Waals surface area contributed by atoms with Gasteiger partial charge in [-0.1, -0.05) is 30.0 Å². The maximum atomic E-state index is 13.0. The maximum absolute atomic E-state index is 13.0. The Morgan fingerprint density at radius 3 is 2.83 bits per heavy atom. The molecule has 3 aromatic rings. The molecule has 4 rings (SSSR count). The van der Waals surface area contributed by atoms with E-state index in [9.17, 15) is 13.2 Å². The fraction of sp³-hybridized carbons (Fsp3) is 0.400. The Hall–Kier alpha value is -1.84. The number of alkyl halides is 3. The van der Waals surface area contributed by atoms with E-state index in [1.165, 1.54) is 28.8 Å². The van der Waals surface area contributed by atoms with Crippen LogP contribution < -0.4 is 0 Å². The van der Waals surface area contributed by atoms with Gasteiger partial charge in [-0.2, -0.15) is 13.2 Å². The summed E-state index contributed by atoms with van der Waals surface area (Å²) >= 11 is 3.04. The molecule has 0 aliphatic carbocycles. The van der Waals surface area contributed by atoms with Gasteiger partial charge in [0.25, 0.3) is 0 Å². The van der Waals surface area contributed by atoms with Crippen molar-refractivity contribution in [3.63, 3.8) is 0 Å². The van der Waals surface area contributed by atoms with Crippen molar-refractivity contribution in [3.05, 3.63) is 51.7 Å². The highest BCUT2D eigenvalue weighted by Crippen LogP contribution is 2.33. The minimum absolute atomic E-state index is 0.109. The zero-order chi connectivity index (χ0) is 20.4. The summed E-state index contributed by atoms with van der Waals surface area (Å²) in [6.07, 6.45) is -2.22. The van der Waals surface area contributed by atoms with Crippen LogP contribution in [0, 0.1) is 6.92 Å². The first-order chi connectivity index (χ1) is 13.9. The van der Waals surface area contributed by atoms with Crippen molar-refractivity contribution in [3.8, 4) is 11.4 Å². The number of aryl methyl sites for hydroxylation is 1. The first-order valence-electron chi connectivity index (χ1n) is 9.29. The number of benzene rings is 1. The zero-order valence-electron chi connectivity index (χ0n) is 15.8. The van der Waals surface area contributed by atoms with E-state index in [1.54, 1.807) is 17.4 Å². The van der Waals surface area contributed by atoms with Crippen LogP contribution in [0.3, 0.4) is 0 Å². The Morgan fingerprint density at radius 1 is 1.28 bits per heavy atom. The lowest BCUT2D eigenvalue weighted by Crippen LogP contribution is -2.16. The first-order valence-corrected chi connectivity index (χ1v) is 11.2. The SMILES string of the molecule is Cc1cc(-c2nnc(SCc3cccc(C(F)(F)F)c3)n2C[C@H]2CCCO2)cs1. The largest absolute Gasteiger partial charge is 0.416 e. The minimum atomic E-state index is -4.34. The molecule has 154 valence electrons. The third-order valence-corrected chi connectivity index (χ3v) is 6.64. The molecule has 0 spiro atoms. The van der Waals surface area contributed by atoms with Crippen molar-refractivity contribution in [1.82, 2.24) is 14.8 Å². The number of hydrogen-bond acceptors (Lipinski definition) is 5. The summed E-state index contributed by atoms with van der Waals surface area (Å²) in [5.41, 5.74) is 0.971. The molecule has 0 unspecified atom stereocenters. The Bertz CT molecular complexity index is 978. The smallest absolute Gasteiger partial charge is 0.376 e. The van der Waals surface area contributed by atoms with E-state index in [4.69, 9.17) is 4.74 Å². The van der Waals surface area contributed by atoms with Crippen LogP contribution in [-0.4, -0.2) is 27.5 Å².